The molecule has 0 aromatic heterocycles. The van der Waals surface area contributed by atoms with E-state index in [2.05, 4.69) is 5.32 Å². The molecule has 0 saturated heterocycles. The Morgan fingerprint density at radius 2 is 1.28 bits per heavy atom. The Morgan fingerprint density at radius 3 is 1.96 bits per heavy atom. The second-order valence-electron chi connectivity index (χ2n) is 5.73. The first kappa shape index (κ1) is 17.5. The van der Waals surface area contributed by atoms with E-state index in [0.717, 1.165) is 21.5 Å². The van der Waals surface area contributed by atoms with Crippen LogP contribution in [0.1, 0.15) is 10.4 Å². The van der Waals surface area contributed by atoms with Crippen molar-refractivity contribution in [1.29, 1.82) is 0 Å². The largest absolute Gasteiger partial charge is 1.00 e. The van der Waals surface area contributed by atoms with E-state index in [4.69, 9.17) is 0 Å². The van der Waals surface area contributed by atoms with Gasteiger partial charge in [-0.15, -0.1) is 0 Å². The minimum absolute atomic E-state index is 0. The van der Waals surface area contributed by atoms with Crippen molar-refractivity contribution in [3.05, 3.63) is 84.4 Å². The van der Waals surface area contributed by atoms with Crippen molar-refractivity contribution in [2.24, 2.45) is 0 Å². The molecule has 0 atom stereocenters. The van der Waals surface area contributed by atoms with E-state index < -0.39 is 0 Å². The predicted octanol–water partition coefficient (Wildman–Crippen LogP) is 1.95. The van der Waals surface area contributed by atoms with Gasteiger partial charge in [-0.05, 0) is 45.8 Å². The fraction of sp³-hybridized carbons (Fsp3) is 0. The molecule has 0 saturated carbocycles. The Balaban J connectivity index is 0.00000182. The van der Waals surface area contributed by atoms with Crippen LogP contribution in [0, 0.1) is 0 Å². The number of amides is 1. The third-order valence-electron chi connectivity index (χ3n) is 4.12. The summed E-state index contributed by atoms with van der Waals surface area (Å²) < 4.78 is 0. The van der Waals surface area contributed by atoms with Crippen molar-refractivity contribution in [2.45, 2.75) is 0 Å². The third-order valence-corrected chi connectivity index (χ3v) is 4.12. The average Bonchev–Trinajstić information content (AvgIpc) is 2.61. The minimum atomic E-state index is -0.325. The van der Waals surface area contributed by atoms with Gasteiger partial charge in [0.15, 0.2) is 0 Å². The number of rotatable bonds is 2. The normalized spacial score (nSPS) is 10.4. The Hall–Kier alpha value is -2.33. The molecule has 116 valence electrons. The molecule has 0 fully saturated rings. The average molecular weight is 336 g/mol. The predicted molar refractivity (Wildman–Crippen MR) is 97.5 cm³/mol. The van der Waals surface area contributed by atoms with E-state index in [1.165, 1.54) is 0 Å². The number of phenols is 1. The van der Waals surface area contributed by atoms with Gasteiger partial charge in [0.25, 0.3) is 5.91 Å². The maximum absolute atomic E-state index is 12.5. The Bertz CT molecular complexity index is 1080. The van der Waals surface area contributed by atoms with Crippen molar-refractivity contribution in [1.82, 2.24) is 0 Å². The number of benzene rings is 4. The summed E-state index contributed by atoms with van der Waals surface area (Å²) >= 11 is 0. The topological polar surface area (TPSA) is 49.3 Å². The van der Waals surface area contributed by atoms with Gasteiger partial charge in [-0.1, -0.05) is 54.6 Å². The number of hydrogen-bond acceptors (Lipinski definition) is 2. The Kier molecular flexibility index (Phi) is 5.09. The molecular formula is C21H15NNaO2+. The van der Waals surface area contributed by atoms with Crippen molar-refractivity contribution >= 4 is 33.1 Å². The first-order valence-electron chi connectivity index (χ1n) is 7.73. The summed E-state index contributed by atoms with van der Waals surface area (Å²) in [6.45, 7) is 0. The summed E-state index contributed by atoms with van der Waals surface area (Å²) in [4.78, 5) is 12.5. The molecule has 4 aromatic rings. The molecule has 0 aliphatic rings. The standard InChI is InChI=1S/C21H15NO2.Na/c23-20-13-17-8-4-3-7-16(17)12-19(20)21(24)22-18-10-9-14-5-1-2-6-15(14)11-18;/h1-13,23H,(H,22,24);/q;+1. The number of carbonyl (C=O) groups is 1. The first-order chi connectivity index (χ1) is 11.7. The Morgan fingerprint density at radius 1 is 0.720 bits per heavy atom. The summed E-state index contributed by atoms with van der Waals surface area (Å²) in [6, 6.07) is 24.7. The summed E-state index contributed by atoms with van der Waals surface area (Å²) in [5.74, 6) is -0.347. The molecule has 0 bridgehead atoms. The van der Waals surface area contributed by atoms with Crippen molar-refractivity contribution in [2.75, 3.05) is 5.32 Å². The molecule has 4 rings (SSSR count). The van der Waals surface area contributed by atoms with Crippen molar-refractivity contribution < 1.29 is 39.5 Å². The molecule has 1 amide bonds. The van der Waals surface area contributed by atoms with Gasteiger partial charge in [0.2, 0.25) is 0 Å². The number of aromatic hydroxyl groups is 1. The summed E-state index contributed by atoms with van der Waals surface area (Å²) in [5.41, 5.74) is 0.966. The fourth-order valence-corrected chi connectivity index (χ4v) is 2.88. The zero-order chi connectivity index (χ0) is 16.5. The quantitative estimate of drug-likeness (QED) is 0.550. The molecule has 0 spiro atoms. The van der Waals surface area contributed by atoms with Gasteiger partial charge < -0.3 is 10.4 Å². The Labute approximate surface area is 167 Å². The van der Waals surface area contributed by atoms with Gasteiger partial charge in [-0.3, -0.25) is 4.79 Å². The van der Waals surface area contributed by atoms with Crippen LogP contribution in [0.15, 0.2) is 78.9 Å². The molecule has 0 heterocycles. The van der Waals surface area contributed by atoms with Crippen molar-refractivity contribution in [3.63, 3.8) is 0 Å². The molecule has 0 radical (unpaired) electrons. The van der Waals surface area contributed by atoms with Crippen LogP contribution in [0.2, 0.25) is 0 Å². The van der Waals surface area contributed by atoms with Crippen molar-refractivity contribution in [3.8, 4) is 5.75 Å². The number of phenolic OH excluding ortho intramolecular Hbond substituents is 1. The van der Waals surface area contributed by atoms with Gasteiger partial charge >= 0.3 is 29.6 Å². The van der Waals surface area contributed by atoms with E-state index >= 15 is 0 Å². The first-order valence-corrected chi connectivity index (χ1v) is 7.73. The smallest absolute Gasteiger partial charge is 0.507 e. The second-order valence-corrected chi connectivity index (χ2v) is 5.73. The van der Waals surface area contributed by atoms with E-state index in [0.29, 0.717) is 5.69 Å². The van der Waals surface area contributed by atoms with E-state index in [-0.39, 0.29) is 46.8 Å². The molecule has 0 aliphatic heterocycles. The molecule has 0 aliphatic carbocycles. The summed E-state index contributed by atoms with van der Waals surface area (Å²) in [5, 5.41) is 17.0. The molecule has 3 nitrogen and oxygen atoms in total. The zero-order valence-corrected chi connectivity index (χ0v) is 15.9. The van der Waals surface area contributed by atoms with E-state index in [9.17, 15) is 9.90 Å². The summed E-state index contributed by atoms with van der Waals surface area (Å²) in [6.07, 6.45) is 0. The van der Waals surface area contributed by atoms with Crippen LogP contribution < -0.4 is 34.9 Å². The van der Waals surface area contributed by atoms with E-state index in [1.54, 1.807) is 12.1 Å². The number of anilines is 1. The van der Waals surface area contributed by atoms with Crippen LogP contribution in [0.4, 0.5) is 5.69 Å². The second kappa shape index (κ2) is 7.28. The third kappa shape index (κ3) is 3.54. The van der Waals surface area contributed by atoms with Gasteiger partial charge in [-0.2, -0.15) is 0 Å². The van der Waals surface area contributed by atoms with Crippen LogP contribution >= 0.6 is 0 Å². The van der Waals surface area contributed by atoms with Gasteiger partial charge in [0, 0.05) is 5.69 Å². The molecule has 25 heavy (non-hydrogen) atoms. The zero-order valence-electron chi connectivity index (χ0n) is 13.9. The van der Waals surface area contributed by atoms with Crippen LogP contribution in [-0.2, 0) is 0 Å². The molecule has 2 N–H and O–H groups in total. The molecular weight excluding hydrogens is 321 g/mol. The SMILES string of the molecule is O=C(Nc1ccc2ccccc2c1)c1cc2ccccc2cc1O.[Na+]. The minimum Gasteiger partial charge on any atom is -0.507 e. The van der Waals surface area contributed by atoms with Gasteiger partial charge in [-0.25, -0.2) is 0 Å². The van der Waals surface area contributed by atoms with Crippen LogP contribution in [0.5, 0.6) is 5.75 Å². The number of nitrogens with one attached hydrogen (secondary N) is 1. The van der Waals surface area contributed by atoms with Crippen LogP contribution in [0.25, 0.3) is 21.5 Å². The number of carbonyl (C=O) groups excluding carboxylic acids is 1. The molecule has 4 aromatic carbocycles. The monoisotopic (exact) mass is 336 g/mol. The van der Waals surface area contributed by atoms with E-state index in [1.807, 2.05) is 66.7 Å². The number of hydrogen-bond donors (Lipinski definition) is 2. The number of fused-ring (bicyclic) bond motifs is 2. The maximum atomic E-state index is 12.5. The van der Waals surface area contributed by atoms with Crippen LogP contribution in [-0.4, -0.2) is 11.0 Å². The van der Waals surface area contributed by atoms with Crippen LogP contribution in [0.3, 0.4) is 0 Å². The molecule has 4 heteroatoms. The fourth-order valence-electron chi connectivity index (χ4n) is 2.88. The van der Waals surface area contributed by atoms with Gasteiger partial charge in [0.1, 0.15) is 5.75 Å². The molecule has 0 unspecified atom stereocenters. The summed E-state index contributed by atoms with van der Waals surface area (Å²) in [7, 11) is 0. The maximum Gasteiger partial charge on any atom is 1.00 e. The van der Waals surface area contributed by atoms with Gasteiger partial charge in [0.05, 0.1) is 5.56 Å².